The third-order valence-corrected chi connectivity index (χ3v) is 5.10. The fraction of sp³-hybridized carbons (Fsp3) is 0.474. The van der Waals surface area contributed by atoms with E-state index in [1.54, 1.807) is 12.3 Å². The van der Waals surface area contributed by atoms with Gasteiger partial charge in [0.25, 0.3) is 0 Å². The fourth-order valence-corrected chi connectivity index (χ4v) is 3.56. The average molecular weight is 411 g/mol. The van der Waals surface area contributed by atoms with Crippen LogP contribution in [0.1, 0.15) is 19.0 Å². The minimum Gasteiger partial charge on any atom is -0.380 e. The lowest BCUT2D eigenvalue weighted by atomic mass is 10.1. The number of rotatable bonds is 8. The van der Waals surface area contributed by atoms with Crippen LogP contribution in [0.25, 0.3) is 11.0 Å². The summed E-state index contributed by atoms with van der Waals surface area (Å²) in [5, 5.41) is 7.91. The zero-order chi connectivity index (χ0) is 21.1. The number of anilines is 3. The Balaban J connectivity index is 1.76. The molecule has 30 heavy (non-hydrogen) atoms. The van der Waals surface area contributed by atoms with E-state index in [-0.39, 0.29) is 11.8 Å². The van der Waals surface area contributed by atoms with Gasteiger partial charge in [-0.15, -0.1) is 0 Å². The number of hydrogen-bond acceptors (Lipinski definition) is 9. The molecule has 1 saturated heterocycles. The van der Waals surface area contributed by atoms with Crippen molar-refractivity contribution >= 4 is 34.5 Å². The Morgan fingerprint density at radius 2 is 2.27 bits per heavy atom. The van der Waals surface area contributed by atoms with E-state index in [4.69, 9.17) is 20.4 Å². The number of ether oxygens (including phenoxy) is 1. The van der Waals surface area contributed by atoms with E-state index in [1.807, 2.05) is 23.4 Å². The van der Waals surface area contributed by atoms with Gasteiger partial charge in [0.1, 0.15) is 23.2 Å². The van der Waals surface area contributed by atoms with Gasteiger partial charge in [-0.1, -0.05) is 0 Å². The molecule has 4 heterocycles. The van der Waals surface area contributed by atoms with Crippen LogP contribution in [0.15, 0.2) is 18.6 Å². The summed E-state index contributed by atoms with van der Waals surface area (Å²) in [6.07, 6.45) is 3.82. The van der Waals surface area contributed by atoms with Gasteiger partial charge >= 0.3 is 0 Å². The molecule has 0 saturated carbocycles. The van der Waals surface area contributed by atoms with Crippen molar-refractivity contribution in [2.24, 2.45) is 11.7 Å². The number of nitrogens with zero attached hydrogens (tertiary/aromatic N) is 7. The molecule has 3 aromatic heterocycles. The summed E-state index contributed by atoms with van der Waals surface area (Å²) in [5.74, 6) is 1.25. The van der Waals surface area contributed by atoms with Gasteiger partial charge in [0.2, 0.25) is 11.9 Å². The maximum Gasteiger partial charge on any atom is 0.228 e. The summed E-state index contributed by atoms with van der Waals surface area (Å²) in [6, 6.07) is 1.76. The molecule has 0 bridgehead atoms. The van der Waals surface area contributed by atoms with Crippen molar-refractivity contribution < 1.29 is 9.53 Å². The van der Waals surface area contributed by atoms with E-state index in [0.29, 0.717) is 56.9 Å². The molecule has 0 radical (unpaired) electrons. The first-order chi connectivity index (χ1) is 14.6. The van der Waals surface area contributed by atoms with Gasteiger partial charge in [0, 0.05) is 25.9 Å². The molecule has 3 aromatic rings. The predicted octanol–water partition coefficient (Wildman–Crippen LogP) is 1.02. The quantitative estimate of drug-likeness (QED) is 0.520. The van der Waals surface area contributed by atoms with Gasteiger partial charge < -0.3 is 20.7 Å². The van der Waals surface area contributed by atoms with Crippen molar-refractivity contribution in [3.8, 4) is 0 Å². The Morgan fingerprint density at radius 3 is 2.97 bits per heavy atom. The second-order valence-electron chi connectivity index (χ2n) is 7.13. The van der Waals surface area contributed by atoms with Crippen molar-refractivity contribution in [3.63, 3.8) is 0 Å². The zero-order valence-electron chi connectivity index (χ0n) is 17.1. The molecule has 11 heteroatoms. The van der Waals surface area contributed by atoms with Crippen LogP contribution in [0.4, 0.5) is 17.6 Å². The molecule has 1 atom stereocenters. The van der Waals surface area contributed by atoms with Crippen molar-refractivity contribution in [1.82, 2.24) is 29.7 Å². The number of aryl methyl sites for hydroxylation is 1. The van der Waals surface area contributed by atoms with Crippen molar-refractivity contribution in [2.75, 3.05) is 36.5 Å². The van der Waals surface area contributed by atoms with Crippen molar-refractivity contribution in [2.45, 2.75) is 26.8 Å². The minimum atomic E-state index is -0.294. The van der Waals surface area contributed by atoms with E-state index in [1.165, 1.54) is 6.33 Å². The molecule has 0 spiro atoms. The van der Waals surface area contributed by atoms with Crippen LogP contribution < -0.4 is 16.0 Å². The smallest absolute Gasteiger partial charge is 0.228 e. The highest BCUT2D eigenvalue weighted by molar-refractivity contribution is 5.90. The Bertz CT molecular complexity index is 1040. The van der Waals surface area contributed by atoms with Gasteiger partial charge in [0.05, 0.1) is 24.8 Å². The van der Waals surface area contributed by atoms with Crippen molar-refractivity contribution in [3.05, 3.63) is 24.3 Å². The molecular weight excluding hydrogens is 386 g/mol. The highest BCUT2D eigenvalue weighted by Gasteiger charge is 2.29. The second kappa shape index (κ2) is 8.57. The van der Waals surface area contributed by atoms with E-state index in [2.05, 4.69) is 20.4 Å². The number of hydrogen-bond donors (Lipinski definition) is 2. The van der Waals surface area contributed by atoms with Gasteiger partial charge in [0.15, 0.2) is 5.82 Å². The topological polar surface area (TPSA) is 137 Å². The average Bonchev–Trinajstić information content (AvgIpc) is 3.35. The van der Waals surface area contributed by atoms with Gasteiger partial charge in [-0.25, -0.2) is 15.0 Å². The van der Waals surface area contributed by atoms with Crippen LogP contribution in [0.5, 0.6) is 0 Å². The van der Waals surface area contributed by atoms with Crippen LogP contribution in [0.2, 0.25) is 0 Å². The Hall–Kier alpha value is -3.34. The van der Waals surface area contributed by atoms with E-state index in [9.17, 15) is 4.79 Å². The predicted molar refractivity (Wildman–Crippen MR) is 111 cm³/mol. The summed E-state index contributed by atoms with van der Waals surface area (Å²) < 4.78 is 7.35. The van der Waals surface area contributed by atoms with Crippen LogP contribution >= 0.6 is 0 Å². The summed E-state index contributed by atoms with van der Waals surface area (Å²) in [6.45, 7) is 6.80. The molecule has 0 unspecified atom stereocenters. The highest BCUT2D eigenvalue weighted by Crippen LogP contribution is 2.30. The molecule has 4 rings (SSSR count). The number of nitrogens with one attached hydrogen (secondary N) is 1. The Morgan fingerprint density at radius 1 is 1.40 bits per heavy atom. The van der Waals surface area contributed by atoms with Crippen LogP contribution in [-0.4, -0.2) is 61.9 Å². The van der Waals surface area contributed by atoms with Crippen LogP contribution in [0, 0.1) is 12.8 Å². The standard InChI is InChI=1S/C19H25N9O2/c1-3-30-9-8-28-16-15(12(2)26-28)24-19(27-7-5-13(10-27)17(20)29)25-18(16)23-14-4-6-21-11-22-14/h4,6,11,13H,3,5,7-10H2,1-2H3,(H2,20,29)(H,21,22,23,24,25)/t13-/m1/s1. The lowest BCUT2D eigenvalue weighted by Gasteiger charge is -2.18. The first-order valence-electron chi connectivity index (χ1n) is 9.97. The van der Waals surface area contributed by atoms with E-state index < -0.39 is 0 Å². The van der Waals surface area contributed by atoms with E-state index >= 15 is 0 Å². The molecule has 1 aliphatic rings. The number of carbonyl (C=O) groups is 1. The lowest BCUT2D eigenvalue weighted by molar-refractivity contribution is -0.121. The van der Waals surface area contributed by atoms with Crippen LogP contribution in [-0.2, 0) is 16.1 Å². The molecule has 3 N–H and O–H groups in total. The second-order valence-corrected chi connectivity index (χ2v) is 7.13. The minimum absolute atomic E-state index is 0.197. The number of amides is 1. The SMILES string of the molecule is CCOCCn1nc(C)c2nc(N3CC[C@@H](C(N)=O)C3)nc(Nc3ccncn3)c21. The zero-order valence-corrected chi connectivity index (χ0v) is 17.1. The molecule has 158 valence electrons. The molecule has 1 aliphatic heterocycles. The number of carbonyl (C=O) groups excluding carboxylic acids is 1. The number of aromatic nitrogens is 6. The summed E-state index contributed by atoms with van der Waals surface area (Å²) in [4.78, 5) is 31.3. The Kier molecular flexibility index (Phi) is 5.70. The van der Waals surface area contributed by atoms with Gasteiger partial charge in [-0.3, -0.25) is 9.48 Å². The van der Waals surface area contributed by atoms with Gasteiger partial charge in [-0.2, -0.15) is 10.1 Å². The fourth-order valence-electron chi connectivity index (χ4n) is 3.56. The van der Waals surface area contributed by atoms with Crippen molar-refractivity contribution in [1.29, 1.82) is 0 Å². The molecule has 0 aromatic carbocycles. The summed E-state index contributed by atoms with van der Waals surface area (Å²) >= 11 is 0. The number of fused-ring (bicyclic) bond motifs is 1. The molecule has 1 fully saturated rings. The summed E-state index contributed by atoms with van der Waals surface area (Å²) in [5.41, 5.74) is 7.80. The number of primary amides is 1. The molecule has 0 aliphatic carbocycles. The van der Waals surface area contributed by atoms with Crippen LogP contribution in [0.3, 0.4) is 0 Å². The first kappa shape index (κ1) is 20.0. The Labute approximate surface area is 173 Å². The first-order valence-corrected chi connectivity index (χ1v) is 9.97. The van der Waals surface area contributed by atoms with E-state index in [0.717, 1.165) is 16.7 Å². The third-order valence-electron chi connectivity index (χ3n) is 5.10. The third kappa shape index (κ3) is 4.01. The molecule has 11 nitrogen and oxygen atoms in total. The molecule has 1 amide bonds. The monoisotopic (exact) mass is 411 g/mol. The molecular formula is C19H25N9O2. The maximum absolute atomic E-state index is 11.6. The lowest BCUT2D eigenvalue weighted by Crippen LogP contribution is -2.28. The maximum atomic E-state index is 11.6. The summed E-state index contributed by atoms with van der Waals surface area (Å²) in [7, 11) is 0. The normalized spacial score (nSPS) is 16.3. The number of nitrogens with two attached hydrogens (primary N) is 1. The highest BCUT2D eigenvalue weighted by atomic mass is 16.5. The largest absolute Gasteiger partial charge is 0.380 e. The van der Waals surface area contributed by atoms with Gasteiger partial charge in [-0.05, 0) is 26.3 Å².